The van der Waals surface area contributed by atoms with E-state index < -0.39 is 0 Å². The first-order chi connectivity index (χ1) is 10.2. The molecular weight excluding hydrogens is 280 g/mol. The van der Waals surface area contributed by atoms with Crippen molar-refractivity contribution in [2.75, 3.05) is 12.9 Å². The van der Waals surface area contributed by atoms with E-state index in [0.29, 0.717) is 12.1 Å². The number of nitrogens with one attached hydrogen (secondary N) is 2. The molecule has 0 fully saturated rings. The van der Waals surface area contributed by atoms with E-state index in [1.807, 2.05) is 0 Å². The third kappa shape index (κ3) is 2.98. The number of aryl methyl sites for hydroxylation is 1. The Morgan fingerprint density at radius 3 is 3.00 bits per heavy atom. The Morgan fingerprint density at radius 1 is 1.43 bits per heavy atom. The summed E-state index contributed by atoms with van der Waals surface area (Å²) in [6.07, 6.45) is 5.42. The Balaban J connectivity index is 1.75. The van der Waals surface area contributed by atoms with E-state index in [0.717, 1.165) is 19.3 Å². The molecule has 3 nitrogen and oxygen atoms in total. The fraction of sp³-hybridized carbons (Fsp3) is 0.529. The Hall–Kier alpha value is -0.970. The molecule has 0 amide bonds. The monoisotopic (exact) mass is 304 g/mol. The van der Waals surface area contributed by atoms with Crippen molar-refractivity contribution in [2.24, 2.45) is 0 Å². The summed E-state index contributed by atoms with van der Waals surface area (Å²) in [4.78, 5) is 3.56. The largest absolute Gasteiger partial charge is 0.395 e. The number of fused-ring (bicyclic) bond motifs is 3. The zero-order valence-electron chi connectivity index (χ0n) is 12.7. The molecule has 2 aromatic rings. The van der Waals surface area contributed by atoms with Gasteiger partial charge in [-0.3, -0.25) is 0 Å². The van der Waals surface area contributed by atoms with Crippen molar-refractivity contribution in [3.8, 4) is 0 Å². The van der Waals surface area contributed by atoms with Crippen LogP contribution in [-0.4, -0.2) is 40.3 Å². The van der Waals surface area contributed by atoms with Gasteiger partial charge in [0.25, 0.3) is 0 Å². The van der Waals surface area contributed by atoms with Crippen LogP contribution in [0.3, 0.4) is 0 Å². The number of aliphatic hydroxyl groups excluding tert-OH is 1. The van der Waals surface area contributed by atoms with Gasteiger partial charge < -0.3 is 15.4 Å². The van der Waals surface area contributed by atoms with E-state index in [9.17, 15) is 5.11 Å². The van der Waals surface area contributed by atoms with Crippen molar-refractivity contribution in [2.45, 2.75) is 43.5 Å². The first kappa shape index (κ1) is 14.9. The second-order valence-electron chi connectivity index (χ2n) is 5.98. The number of H-pyrrole nitrogens is 1. The summed E-state index contributed by atoms with van der Waals surface area (Å²) in [5.41, 5.74) is 4.14. The van der Waals surface area contributed by atoms with E-state index in [1.54, 1.807) is 11.8 Å². The van der Waals surface area contributed by atoms with Gasteiger partial charge in [0.2, 0.25) is 0 Å². The van der Waals surface area contributed by atoms with Crippen LogP contribution in [0.2, 0.25) is 0 Å². The standard InChI is InChI=1S/C17H24N2OS/c1-11(17(10-20)21-2)18-12-7-8-16-14(9-12)13-5-3-4-6-15(13)19-16/h3-6,11-12,17-20H,7-10H2,1-2H3. The molecule has 0 bridgehead atoms. The van der Waals surface area contributed by atoms with E-state index in [-0.39, 0.29) is 11.9 Å². The van der Waals surface area contributed by atoms with Crippen LogP contribution in [0.1, 0.15) is 24.6 Å². The van der Waals surface area contributed by atoms with Crippen LogP contribution in [0, 0.1) is 0 Å². The molecule has 3 atom stereocenters. The molecule has 3 unspecified atom stereocenters. The second kappa shape index (κ2) is 6.42. The molecule has 1 aromatic heterocycles. The van der Waals surface area contributed by atoms with E-state index >= 15 is 0 Å². The first-order valence-electron chi connectivity index (χ1n) is 7.71. The van der Waals surface area contributed by atoms with Gasteiger partial charge in [-0.15, -0.1) is 0 Å². The van der Waals surface area contributed by atoms with Gasteiger partial charge in [-0.05, 0) is 44.1 Å². The average Bonchev–Trinajstić information content (AvgIpc) is 2.86. The molecule has 0 saturated carbocycles. The van der Waals surface area contributed by atoms with Crippen molar-refractivity contribution in [1.82, 2.24) is 10.3 Å². The van der Waals surface area contributed by atoms with E-state index in [1.165, 1.54) is 22.2 Å². The zero-order chi connectivity index (χ0) is 14.8. The van der Waals surface area contributed by atoms with E-state index in [4.69, 9.17) is 0 Å². The molecule has 1 aromatic carbocycles. The van der Waals surface area contributed by atoms with Gasteiger partial charge in [-0.1, -0.05) is 18.2 Å². The number of para-hydroxylation sites is 1. The molecule has 0 aliphatic heterocycles. The van der Waals surface area contributed by atoms with Crippen LogP contribution in [0.25, 0.3) is 10.9 Å². The molecule has 1 aliphatic carbocycles. The fourth-order valence-corrected chi connectivity index (χ4v) is 4.06. The summed E-state index contributed by atoms with van der Waals surface area (Å²) in [5, 5.41) is 14.8. The van der Waals surface area contributed by atoms with Crippen LogP contribution in [0.5, 0.6) is 0 Å². The summed E-state index contributed by atoms with van der Waals surface area (Å²) >= 11 is 1.74. The van der Waals surface area contributed by atoms with Crippen LogP contribution in [0.4, 0.5) is 0 Å². The molecule has 4 heteroatoms. The number of hydrogen-bond acceptors (Lipinski definition) is 3. The lowest BCUT2D eigenvalue weighted by Gasteiger charge is -2.30. The number of aromatic nitrogens is 1. The van der Waals surface area contributed by atoms with Crippen LogP contribution in [-0.2, 0) is 12.8 Å². The quantitative estimate of drug-likeness (QED) is 0.796. The Kier molecular flexibility index (Phi) is 4.57. The SMILES string of the molecule is CSC(CO)C(C)NC1CCc2[nH]c3ccccc3c2C1. The van der Waals surface area contributed by atoms with Crippen molar-refractivity contribution in [3.63, 3.8) is 0 Å². The highest BCUT2D eigenvalue weighted by Gasteiger charge is 2.25. The van der Waals surface area contributed by atoms with Crippen LogP contribution < -0.4 is 5.32 Å². The second-order valence-corrected chi connectivity index (χ2v) is 7.06. The Morgan fingerprint density at radius 2 is 2.24 bits per heavy atom. The van der Waals surface area contributed by atoms with Gasteiger partial charge in [0.05, 0.1) is 6.61 Å². The lowest BCUT2D eigenvalue weighted by atomic mass is 9.91. The highest BCUT2D eigenvalue weighted by atomic mass is 32.2. The van der Waals surface area contributed by atoms with Crippen molar-refractivity contribution < 1.29 is 5.11 Å². The maximum absolute atomic E-state index is 9.43. The topological polar surface area (TPSA) is 48.0 Å². The number of rotatable bonds is 5. The number of hydrogen-bond donors (Lipinski definition) is 3. The van der Waals surface area contributed by atoms with Crippen molar-refractivity contribution in [3.05, 3.63) is 35.5 Å². The predicted molar refractivity (Wildman–Crippen MR) is 91.1 cm³/mol. The molecule has 0 spiro atoms. The summed E-state index contributed by atoms with van der Waals surface area (Å²) in [7, 11) is 0. The number of aromatic amines is 1. The third-order valence-electron chi connectivity index (χ3n) is 4.63. The minimum atomic E-state index is 0.236. The zero-order valence-corrected chi connectivity index (χ0v) is 13.5. The molecule has 1 aliphatic rings. The molecule has 21 heavy (non-hydrogen) atoms. The number of aliphatic hydroxyl groups is 1. The predicted octanol–water partition coefficient (Wildman–Crippen LogP) is 2.73. The minimum absolute atomic E-state index is 0.236. The summed E-state index contributed by atoms with van der Waals surface area (Å²) in [6, 6.07) is 9.43. The normalized spacial score (nSPS) is 21.2. The lowest BCUT2D eigenvalue weighted by Crippen LogP contribution is -2.45. The molecular formula is C17H24N2OS. The molecule has 0 saturated heterocycles. The van der Waals surface area contributed by atoms with Crippen LogP contribution >= 0.6 is 11.8 Å². The Bertz CT molecular complexity index is 606. The maximum Gasteiger partial charge on any atom is 0.0564 e. The summed E-state index contributed by atoms with van der Waals surface area (Å²) in [5.74, 6) is 0. The number of thioether (sulfide) groups is 1. The van der Waals surface area contributed by atoms with Gasteiger partial charge in [0, 0.05) is 33.9 Å². The number of benzene rings is 1. The van der Waals surface area contributed by atoms with Gasteiger partial charge in [0.1, 0.15) is 0 Å². The maximum atomic E-state index is 9.43. The Labute approximate surface area is 130 Å². The fourth-order valence-electron chi connectivity index (χ4n) is 3.43. The molecule has 3 rings (SSSR count). The summed E-state index contributed by atoms with van der Waals surface area (Å²) in [6.45, 7) is 2.42. The average molecular weight is 304 g/mol. The smallest absolute Gasteiger partial charge is 0.0564 e. The van der Waals surface area contributed by atoms with Crippen LogP contribution in [0.15, 0.2) is 24.3 Å². The molecule has 3 N–H and O–H groups in total. The van der Waals surface area contributed by atoms with Crippen molar-refractivity contribution >= 4 is 22.7 Å². The molecule has 0 radical (unpaired) electrons. The minimum Gasteiger partial charge on any atom is -0.395 e. The molecule has 114 valence electrons. The molecule has 1 heterocycles. The van der Waals surface area contributed by atoms with Gasteiger partial charge in [0.15, 0.2) is 0 Å². The van der Waals surface area contributed by atoms with Crippen molar-refractivity contribution in [1.29, 1.82) is 0 Å². The van der Waals surface area contributed by atoms with Gasteiger partial charge in [-0.25, -0.2) is 0 Å². The first-order valence-corrected chi connectivity index (χ1v) is 9.00. The highest BCUT2D eigenvalue weighted by Crippen LogP contribution is 2.29. The van der Waals surface area contributed by atoms with Gasteiger partial charge in [-0.2, -0.15) is 11.8 Å². The van der Waals surface area contributed by atoms with E-state index in [2.05, 4.69) is 47.7 Å². The van der Waals surface area contributed by atoms with Gasteiger partial charge >= 0.3 is 0 Å². The lowest BCUT2D eigenvalue weighted by molar-refractivity contribution is 0.267. The summed E-state index contributed by atoms with van der Waals surface area (Å²) < 4.78 is 0. The third-order valence-corrected chi connectivity index (χ3v) is 5.80. The highest BCUT2D eigenvalue weighted by molar-refractivity contribution is 7.99.